The van der Waals surface area contributed by atoms with E-state index in [9.17, 15) is 0 Å². The van der Waals surface area contributed by atoms with E-state index >= 15 is 0 Å². The highest BCUT2D eigenvalue weighted by molar-refractivity contribution is 6.30. The molecule has 0 fully saturated rings. The molecule has 2 heterocycles. The number of H-pyrrole nitrogens is 1. The Morgan fingerprint density at radius 1 is 1.15 bits per heavy atom. The zero-order chi connectivity index (χ0) is 18.8. The van der Waals surface area contributed by atoms with Gasteiger partial charge in [0.25, 0.3) is 0 Å². The fourth-order valence-corrected chi connectivity index (χ4v) is 2.88. The maximum atomic E-state index is 5.84. The van der Waals surface area contributed by atoms with Crippen molar-refractivity contribution in [2.45, 2.75) is 13.5 Å². The van der Waals surface area contributed by atoms with Gasteiger partial charge in [0, 0.05) is 24.5 Å². The van der Waals surface area contributed by atoms with Gasteiger partial charge < -0.3 is 20.8 Å². The number of aromatic amines is 1. The summed E-state index contributed by atoms with van der Waals surface area (Å²) >= 11 is 5.84. The molecule has 0 aliphatic carbocycles. The fraction of sp³-hybridized carbons (Fsp3) is 0.100. The van der Waals surface area contributed by atoms with Crippen molar-refractivity contribution in [1.29, 1.82) is 0 Å². The second kappa shape index (κ2) is 7.17. The van der Waals surface area contributed by atoms with E-state index in [0.717, 1.165) is 27.9 Å². The quantitative estimate of drug-likeness (QED) is 0.429. The zero-order valence-electron chi connectivity index (χ0n) is 14.7. The van der Waals surface area contributed by atoms with Crippen molar-refractivity contribution in [1.82, 2.24) is 15.0 Å². The number of ether oxygens (including phenoxy) is 1. The molecule has 4 N–H and O–H groups in total. The van der Waals surface area contributed by atoms with Gasteiger partial charge in [-0.2, -0.15) is 0 Å². The number of nitrogens with two attached hydrogens (primary N) is 1. The number of imidazole rings is 1. The van der Waals surface area contributed by atoms with Gasteiger partial charge >= 0.3 is 0 Å². The summed E-state index contributed by atoms with van der Waals surface area (Å²) in [4.78, 5) is 11.9. The largest absolute Gasteiger partial charge is 0.439 e. The number of anilines is 2. The Morgan fingerprint density at radius 2 is 2.04 bits per heavy atom. The van der Waals surface area contributed by atoms with Crippen molar-refractivity contribution in [3.05, 3.63) is 70.9 Å². The lowest BCUT2D eigenvalue weighted by Crippen LogP contribution is -2.02. The highest BCUT2D eigenvalue weighted by Crippen LogP contribution is 2.24. The number of hydrogen-bond acceptors (Lipinski definition) is 5. The molecule has 27 heavy (non-hydrogen) atoms. The van der Waals surface area contributed by atoms with Gasteiger partial charge in [-0.1, -0.05) is 17.7 Å². The van der Waals surface area contributed by atoms with Gasteiger partial charge in [0.2, 0.25) is 11.8 Å². The predicted molar refractivity (Wildman–Crippen MR) is 108 cm³/mol. The molecule has 0 aliphatic heterocycles. The highest BCUT2D eigenvalue weighted by atomic mass is 35.5. The van der Waals surface area contributed by atoms with Crippen LogP contribution in [0.15, 0.2) is 54.7 Å². The van der Waals surface area contributed by atoms with Crippen LogP contribution < -0.4 is 15.8 Å². The lowest BCUT2D eigenvalue weighted by atomic mass is 10.1. The molecule has 0 saturated carbocycles. The lowest BCUT2D eigenvalue weighted by molar-refractivity contribution is 0.462. The molecule has 2 aromatic heterocycles. The van der Waals surface area contributed by atoms with E-state index in [1.165, 1.54) is 0 Å². The van der Waals surface area contributed by atoms with E-state index in [0.29, 0.717) is 29.1 Å². The first-order valence-corrected chi connectivity index (χ1v) is 8.83. The average Bonchev–Trinajstić information content (AvgIpc) is 3.05. The number of pyridine rings is 1. The summed E-state index contributed by atoms with van der Waals surface area (Å²) < 4.78 is 5.76. The Bertz CT molecular complexity index is 1090. The summed E-state index contributed by atoms with van der Waals surface area (Å²) in [7, 11) is 0. The molecular formula is C20H18ClN5O. The second-order valence-corrected chi connectivity index (χ2v) is 6.66. The maximum absolute atomic E-state index is 5.84. The number of aromatic nitrogens is 3. The molecule has 0 saturated heterocycles. The van der Waals surface area contributed by atoms with Crippen molar-refractivity contribution in [3.63, 3.8) is 0 Å². The van der Waals surface area contributed by atoms with E-state index in [1.54, 1.807) is 18.3 Å². The third-order valence-corrected chi connectivity index (χ3v) is 4.41. The average molecular weight is 380 g/mol. The number of nitrogens with one attached hydrogen (secondary N) is 2. The van der Waals surface area contributed by atoms with Crippen molar-refractivity contribution >= 4 is 34.3 Å². The van der Waals surface area contributed by atoms with E-state index < -0.39 is 0 Å². The first-order valence-electron chi connectivity index (χ1n) is 8.45. The number of hydrogen-bond donors (Lipinski definition) is 3. The Labute approximate surface area is 161 Å². The minimum atomic E-state index is 0.506. The minimum absolute atomic E-state index is 0.506. The van der Waals surface area contributed by atoms with Crippen molar-refractivity contribution in [2.75, 3.05) is 11.1 Å². The van der Waals surface area contributed by atoms with Gasteiger partial charge in [0.15, 0.2) is 0 Å². The summed E-state index contributed by atoms with van der Waals surface area (Å²) in [5.41, 5.74) is 10.6. The minimum Gasteiger partial charge on any atom is -0.439 e. The molecule has 4 aromatic rings. The monoisotopic (exact) mass is 379 g/mol. The molecule has 6 nitrogen and oxygen atoms in total. The van der Waals surface area contributed by atoms with E-state index in [2.05, 4.69) is 20.3 Å². The van der Waals surface area contributed by atoms with E-state index in [1.807, 2.05) is 43.3 Å². The third-order valence-electron chi connectivity index (χ3n) is 4.19. The maximum Gasteiger partial charge on any atom is 0.219 e. The van der Waals surface area contributed by atoms with Gasteiger partial charge in [-0.3, -0.25) is 0 Å². The number of fused-ring (bicyclic) bond motifs is 1. The second-order valence-electron chi connectivity index (χ2n) is 6.22. The first-order chi connectivity index (χ1) is 13.1. The summed E-state index contributed by atoms with van der Waals surface area (Å²) in [5, 5.41) is 3.89. The Morgan fingerprint density at radius 3 is 2.81 bits per heavy atom. The van der Waals surface area contributed by atoms with Gasteiger partial charge in [0.1, 0.15) is 5.75 Å². The van der Waals surface area contributed by atoms with Crippen LogP contribution >= 0.6 is 11.6 Å². The van der Waals surface area contributed by atoms with Crippen LogP contribution in [0.3, 0.4) is 0 Å². The first kappa shape index (κ1) is 17.2. The highest BCUT2D eigenvalue weighted by Gasteiger charge is 2.06. The van der Waals surface area contributed by atoms with Crippen LogP contribution in [-0.4, -0.2) is 15.0 Å². The van der Waals surface area contributed by atoms with E-state index in [4.69, 9.17) is 22.1 Å². The van der Waals surface area contributed by atoms with Gasteiger partial charge in [-0.25, -0.2) is 9.97 Å². The van der Waals surface area contributed by atoms with Crippen LogP contribution in [-0.2, 0) is 6.54 Å². The Balaban J connectivity index is 1.44. The van der Waals surface area contributed by atoms with Crippen LogP contribution in [0.25, 0.3) is 11.0 Å². The smallest absolute Gasteiger partial charge is 0.219 e. The van der Waals surface area contributed by atoms with Crippen LogP contribution in [0.2, 0.25) is 5.02 Å². The van der Waals surface area contributed by atoms with Crippen LogP contribution in [0.4, 0.5) is 11.6 Å². The Hall–Kier alpha value is -3.25. The van der Waals surface area contributed by atoms with Crippen molar-refractivity contribution in [3.8, 4) is 11.6 Å². The van der Waals surface area contributed by atoms with Gasteiger partial charge in [-0.05, 0) is 54.4 Å². The Kier molecular flexibility index (Phi) is 4.56. The summed E-state index contributed by atoms with van der Waals surface area (Å²) in [6, 6.07) is 15.0. The number of halogens is 1. The molecule has 136 valence electrons. The zero-order valence-corrected chi connectivity index (χ0v) is 15.4. The van der Waals surface area contributed by atoms with Crippen LogP contribution in [0.1, 0.15) is 11.1 Å². The normalized spacial score (nSPS) is 10.9. The van der Waals surface area contributed by atoms with E-state index in [-0.39, 0.29) is 0 Å². The molecule has 0 amide bonds. The third kappa shape index (κ3) is 3.96. The SMILES string of the molecule is Cc1cc(Oc2ccc(Cl)cn2)ccc1CNc1nc2ccc(N)cc2[nH]1. The molecule has 0 unspecified atom stereocenters. The number of aryl methyl sites for hydroxylation is 1. The summed E-state index contributed by atoms with van der Waals surface area (Å²) in [5.74, 6) is 1.94. The molecule has 2 aromatic carbocycles. The molecule has 4 rings (SSSR count). The number of nitrogens with zero attached hydrogens (tertiary/aromatic N) is 2. The summed E-state index contributed by atoms with van der Waals surface area (Å²) in [6.45, 7) is 2.68. The molecule has 0 bridgehead atoms. The number of benzene rings is 2. The van der Waals surface area contributed by atoms with Gasteiger partial charge in [0.05, 0.1) is 16.1 Å². The molecular weight excluding hydrogens is 362 g/mol. The molecule has 0 aliphatic rings. The topological polar surface area (TPSA) is 88.8 Å². The van der Waals surface area contributed by atoms with Crippen LogP contribution in [0.5, 0.6) is 11.6 Å². The lowest BCUT2D eigenvalue weighted by Gasteiger charge is -2.10. The van der Waals surface area contributed by atoms with Crippen molar-refractivity contribution < 1.29 is 4.74 Å². The molecule has 0 spiro atoms. The van der Waals surface area contributed by atoms with Gasteiger partial charge in [-0.15, -0.1) is 0 Å². The molecule has 0 atom stereocenters. The number of nitrogen functional groups attached to an aromatic ring is 1. The summed E-state index contributed by atoms with van der Waals surface area (Å²) in [6.07, 6.45) is 1.56. The molecule has 0 radical (unpaired) electrons. The number of rotatable bonds is 5. The molecule has 7 heteroatoms. The van der Waals surface area contributed by atoms with Crippen LogP contribution in [0, 0.1) is 6.92 Å². The predicted octanol–water partition coefficient (Wildman–Crippen LogP) is 4.91. The fourth-order valence-electron chi connectivity index (χ4n) is 2.76. The standard InChI is InChI=1S/C20H18ClN5O/c1-12-8-16(27-19-7-3-14(21)11-23-19)5-2-13(12)10-24-20-25-17-6-4-15(22)9-18(17)26-20/h2-9,11H,10,22H2,1H3,(H2,24,25,26). The van der Waals surface area contributed by atoms with Crippen molar-refractivity contribution in [2.24, 2.45) is 0 Å².